The topological polar surface area (TPSA) is 70.4 Å². The molecule has 7 heteroatoms. The van der Waals surface area contributed by atoms with Gasteiger partial charge in [-0.1, -0.05) is 36.7 Å². The van der Waals surface area contributed by atoms with E-state index in [-0.39, 0.29) is 29.9 Å². The molecule has 0 saturated heterocycles. The maximum Gasteiger partial charge on any atom is 0.262 e. The molecule has 0 bridgehead atoms. The van der Waals surface area contributed by atoms with Crippen molar-refractivity contribution >= 4 is 28.4 Å². The van der Waals surface area contributed by atoms with Crippen LogP contribution in [0.2, 0.25) is 0 Å². The minimum atomic E-state index is -0.0336. The number of carbonyl (C=O) groups excluding carboxylic acids is 1. The average molecular weight is 408 g/mol. The predicted octanol–water partition coefficient (Wildman–Crippen LogP) is 4.22. The van der Waals surface area contributed by atoms with Gasteiger partial charge in [-0.25, -0.2) is 4.98 Å². The van der Waals surface area contributed by atoms with Gasteiger partial charge in [0.2, 0.25) is 6.79 Å². The second kappa shape index (κ2) is 7.55. The smallest absolute Gasteiger partial charge is 0.262 e. The number of fused-ring (bicyclic) bond motifs is 2. The van der Waals surface area contributed by atoms with Crippen LogP contribution < -0.4 is 15.0 Å². The van der Waals surface area contributed by atoms with Crippen molar-refractivity contribution in [2.24, 2.45) is 0 Å². The first-order valence-electron chi connectivity index (χ1n) is 9.77. The van der Waals surface area contributed by atoms with Gasteiger partial charge in [-0.2, -0.15) is 0 Å². The van der Waals surface area contributed by atoms with Gasteiger partial charge in [0.15, 0.2) is 22.4 Å². The van der Waals surface area contributed by atoms with Gasteiger partial charge in [-0.05, 0) is 43.2 Å². The van der Waals surface area contributed by atoms with Crippen molar-refractivity contribution in [1.29, 1.82) is 0 Å². The normalized spacial score (nSPS) is 15.9. The van der Waals surface area contributed by atoms with Crippen molar-refractivity contribution in [3.8, 4) is 11.5 Å². The summed E-state index contributed by atoms with van der Waals surface area (Å²) in [7, 11) is 0. The summed E-state index contributed by atoms with van der Waals surface area (Å²) in [4.78, 5) is 30.7. The number of rotatable bonds is 5. The molecule has 0 radical (unpaired) electrons. The van der Waals surface area contributed by atoms with Crippen molar-refractivity contribution in [2.45, 2.75) is 36.9 Å². The number of Topliss-reactive ketones (excluding diaryl/α,β-unsaturated/α-hetero) is 1. The monoisotopic (exact) mass is 408 g/mol. The fourth-order valence-corrected chi connectivity index (χ4v) is 4.96. The molecule has 148 valence electrons. The van der Waals surface area contributed by atoms with E-state index in [9.17, 15) is 9.59 Å². The van der Waals surface area contributed by atoms with Crippen LogP contribution in [0.5, 0.6) is 11.5 Å². The van der Waals surface area contributed by atoms with E-state index in [0.717, 1.165) is 25.7 Å². The molecule has 5 rings (SSSR count). The Hall–Kier alpha value is -2.80. The summed E-state index contributed by atoms with van der Waals surface area (Å²) in [6.45, 7) is 0.177. The summed E-state index contributed by atoms with van der Waals surface area (Å²) in [6, 6.07) is 12.8. The van der Waals surface area contributed by atoms with E-state index in [4.69, 9.17) is 14.5 Å². The predicted molar refractivity (Wildman–Crippen MR) is 111 cm³/mol. The Morgan fingerprint density at radius 1 is 1.10 bits per heavy atom. The lowest BCUT2D eigenvalue weighted by molar-refractivity contribution is 0.102. The molecular weight excluding hydrogens is 388 g/mol. The fraction of sp³-hybridized carbons (Fsp3) is 0.318. The van der Waals surface area contributed by atoms with Gasteiger partial charge in [0.25, 0.3) is 5.56 Å². The number of aromatic nitrogens is 2. The highest BCUT2D eigenvalue weighted by atomic mass is 32.2. The molecule has 2 heterocycles. The number of benzene rings is 2. The Kier molecular flexibility index (Phi) is 4.75. The van der Waals surface area contributed by atoms with Gasteiger partial charge in [-0.15, -0.1) is 0 Å². The molecule has 1 fully saturated rings. The summed E-state index contributed by atoms with van der Waals surface area (Å²) in [5.41, 5.74) is 1.22. The Balaban J connectivity index is 1.45. The summed E-state index contributed by atoms with van der Waals surface area (Å²) in [5.74, 6) is 1.42. The van der Waals surface area contributed by atoms with Crippen molar-refractivity contribution in [3.63, 3.8) is 0 Å². The lowest BCUT2D eigenvalue weighted by atomic mass is 10.1. The van der Waals surface area contributed by atoms with Crippen LogP contribution in [0.1, 0.15) is 42.1 Å². The Morgan fingerprint density at radius 2 is 1.90 bits per heavy atom. The zero-order valence-electron chi connectivity index (χ0n) is 15.8. The second-order valence-corrected chi connectivity index (χ2v) is 8.25. The number of ketones is 1. The molecule has 1 saturated carbocycles. The maximum absolute atomic E-state index is 13.2. The van der Waals surface area contributed by atoms with Gasteiger partial charge in [-0.3, -0.25) is 14.2 Å². The molecular formula is C22H20N2O4S. The summed E-state index contributed by atoms with van der Waals surface area (Å²) in [6.07, 6.45) is 4.18. The van der Waals surface area contributed by atoms with Crippen LogP contribution >= 0.6 is 11.8 Å². The number of nitrogens with zero attached hydrogens (tertiary/aromatic N) is 2. The highest BCUT2D eigenvalue weighted by Crippen LogP contribution is 2.34. The number of thioether (sulfide) groups is 1. The van der Waals surface area contributed by atoms with Gasteiger partial charge >= 0.3 is 0 Å². The standard InChI is InChI=1S/C22H20N2O4S/c25-18(14-9-10-19-20(11-14)28-13-27-19)12-29-22-23-17-8-4-3-7-16(17)21(26)24(22)15-5-1-2-6-15/h3-4,7-11,15H,1-2,5-6,12-13H2. The van der Waals surface area contributed by atoms with Crippen LogP contribution in [-0.4, -0.2) is 27.9 Å². The van der Waals surface area contributed by atoms with Crippen LogP contribution in [0, 0.1) is 0 Å². The van der Waals surface area contributed by atoms with Crippen molar-refractivity contribution < 1.29 is 14.3 Å². The summed E-state index contributed by atoms with van der Waals surface area (Å²) in [5, 5.41) is 1.25. The molecule has 2 aromatic carbocycles. The number of hydrogen-bond acceptors (Lipinski definition) is 6. The van der Waals surface area contributed by atoms with E-state index in [1.165, 1.54) is 11.8 Å². The molecule has 0 spiro atoms. The highest BCUT2D eigenvalue weighted by Gasteiger charge is 2.24. The molecule has 6 nitrogen and oxygen atoms in total. The third-order valence-electron chi connectivity index (χ3n) is 5.49. The Bertz CT molecular complexity index is 1150. The van der Waals surface area contributed by atoms with E-state index in [2.05, 4.69) is 0 Å². The molecule has 2 aliphatic rings. The molecule has 0 N–H and O–H groups in total. The molecule has 0 amide bonds. The summed E-state index contributed by atoms with van der Waals surface area (Å²) < 4.78 is 12.5. The van der Waals surface area contributed by atoms with Gasteiger partial charge in [0.1, 0.15) is 0 Å². The third kappa shape index (κ3) is 3.40. The van der Waals surface area contributed by atoms with E-state index in [1.807, 2.05) is 28.8 Å². The zero-order chi connectivity index (χ0) is 19.8. The molecule has 1 aromatic heterocycles. The minimum Gasteiger partial charge on any atom is -0.454 e. The molecule has 29 heavy (non-hydrogen) atoms. The number of hydrogen-bond donors (Lipinski definition) is 0. The van der Waals surface area contributed by atoms with Gasteiger partial charge in [0, 0.05) is 11.6 Å². The highest BCUT2D eigenvalue weighted by molar-refractivity contribution is 7.99. The zero-order valence-corrected chi connectivity index (χ0v) is 16.6. The Labute approximate surface area is 171 Å². The van der Waals surface area contributed by atoms with Gasteiger partial charge < -0.3 is 9.47 Å². The molecule has 1 aliphatic carbocycles. The molecule has 1 aliphatic heterocycles. The fourth-order valence-electron chi connectivity index (χ4n) is 4.00. The second-order valence-electron chi connectivity index (χ2n) is 7.30. The van der Waals surface area contributed by atoms with E-state index in [1.54, 1.807) is 18.2 Å². The lowest BCUT2D eigenvalue weighted by Crippen LogP contribution is -2.26. The summed E-state index contributed by atoms with van der Waals surface area (Å²) >= 11 is 1.33. The Morgan fingerprint density at radius 3 is 2.76 bits per heavy atom. The quantitative estimate of drug-likeness (QED) is 0.358. The van der Waals surface area contributed by atoms with Crippen molar-refractivity contribution in [1.82, 2.24) is 9.55 Å². The van der Waals surface area contributed by atoms with Crippen LogP contribution in [-0.2, 0) is 0 Å². The van der Waals surface area contributed by atoms with E-state index < -0.39 is 0 Å². The average Bonchev–Trinajstić information content (AvgIpc) is 3.43. The van der Waals surface area contributed by atoms with E-state index >= 15 is 0 Å². The number of para-hydroxylation sites is 1. The van der Waals surface area contributed by atoms with Gasteiger partial charge in [0.05, 0.1) is 16.7 Å². The van der Waals surface area contributed by atoms with Crippen LogP contribution in [0.4, 0.5) is 0 Å². The largest absolute Gasteiger partial charge is 0.454 e. The first-order chi connectivity index (χ1) is 14.2. The van der Waals surface area contributed by atoms with E-state index in [0.29, 0.717) is 33.1 Å². The van der Waals surface area contributed by atoms with Crippen LogP contribution in [0.3, 0.4) is 0 Å². The third-order valence-corrected chi connectivity index (χ3v) is 6.44. The van der Waals surface area contributed by atoms with Crippen molar-refractivity contribution in [2.75, 3.05) is 12.5 Å². The number of carbonyl (C=O) groups is 1. The maximum atomic E-state index is 13.2. The van der Waals surface area contributed by atoms with Crippen LogP contribution in [0.15, 0.2) is 52.4 Å². The molecule has 3 aromatic rings. The first kappa shape index (κ1) is 18.2. The minimum absolute atomic E-state index is 0.0134. The lowest BCUT2D eigenvalue weighted by Gasteiger charge is -2.18. The number of ether oxygens (including phenoxy) is 2. The first-order valence-corrected chi connectivity index (χ1v) is 10.8. The molecule has 0 atom stereocenters. The molecule has 0 unspecified atom stereocenters. The SMILES string of the molecule is O=C(CSc1nc2ccccc2c(=O)n1C1CCCC1)c1ccc2c(c1)OCO2. The van der Waals surface area contributed by atoms with Crippen molar-refractivity contribution in [3.05, 3.63) is 58.4 Å². The van der Waals surface area contributed by atoms with Crippen LogP contribution in [0.25, 0.3) is 10.9 Å².